The van der Waals surface area contributed by atoms with Gasteiger partial charge in [-0.3, -0.25) is 9.59 Å². The highest BCUT2D eigenvalue weighted by atomic mass is 19.4. The van der Waals surface area contributed by atoms with Crippen molar-refractivity contribution in [3.63, 3.8) is 0 Å². The monoisotopic (exact) mass is 432 g/mol. The van der Waals surface area contributed by atoms with Crippen molar-refractivity contribution in [2.24, 2.45) is 5.92 Å². The summed E-state index contributed by atoms with van der Waals surface area (Å²) in [5.41, 5.74) is 0.301. The summed E-state index contributed by atoms with van der Waals surface area (Å²) in [5, 5.41) is 2.64. The van der Waals surface area contributed by atoms with E-state index in [1.807, 2.05) is 7.05 Å². The summed E-state index contributed by atoms with van der Waals surface area (Å²) in [6, 6.07) is 10.7. The molecule has 1 saturated carbocycles. The molecule has 2 amide bonds. The smallest absolute Gasteiger partial charge is 0.339 e. The van der Waals surface area contributed by atoms with E-state index in [1.165, 1.54) is 19.3 Å². The number of hydrogen-bond donors (Lipinski definition) is 1. The third-order valence-electron chi connectivity index (χ3n) is 6.13. The van der Waals surface area contributed by atoms with E-state index in [1.54, 1.807) is 29.2 Å². The molecule has 0 radical (unpaired) electrons. The summed E-state index contributed by atoms with van der Waals surface area (Å²) in [6.45, 7) is 2.09. The number of anilines is 1. The standard InChI is InChI=1S/C24H27F3N2O2/c1-16(17-6-4-3-5-7-17)29(2)23(31)19-10-14-21(15-11-19)28-22(30)18-8-12-20(13-9-18)24(25,26)27/h8-17H,3-7H2,1-2H3,(H,28,30)/t16-/m1/s1. The number of hydrogen-bond acceptors (Lipinski definition) is 2. The second-order valence-electron chi connectivity index (χ2n) is 8.16. The number of rotatable bonds is 5. The zero-order chi connectivity index (χ0) is 22.6. The van der Waals surface area contributed by atoms with Gasteiger partial charge in [0, 0.05) is 29.9 Å². The molecule has 0 unspecified atom stereocenters. The highest BCUT2D eigenvalue weighted by molar-refractivity contribution is 6.04. The summed E-state index contributed by atoms with van der Waals surface area (Å²) in [4.78, 5) is 26.9. The molecule has 1 N–H and O–H groups in total. The number of nitrogens with one attached hydrogen (secondary N) is 1. The quantitative estimate of drug-likeness (QED) is 0.630. The second kappa shape index (κ2) is 9.54. The maximum absolute atomic E-state index is 12.8. The van der Waals surface area contributed by atoms with Gasteiger partial charge in [0.1, 0.15) is 0 Å². The molecule has 0 aliphatic heterocycles. The Labute approximate surface area is 180 Å². The predicted octanol–water partition coefficient (Wildman–Crippen LogP) is 6.00. The van der Waals surface area contributed by atoms with Crippen LogP contribution >= 0.6 is 0 Å². The maximum Gasteiger partial charge on any atom is 0.416 e. The Balaban J connectivity index is 1.61. The Hall–Kier alpha value is -2.83. The highest BCUT2D eigenvalue weighted by Crippen LogP contribution is 2.30. The first-order chi connectivity index (χ1) is 14.7. The van der Waals surface area contributed by atoms with Crippen LogP contribution in [0.4, 0.5) is 18.9 Å². The average Bonchev–Trinajstić information content (AvgIpc) is 2.78. The molecule has 0 spiro atoms. The molecule has 0 saturated heterocycles. The van der Waals surface area contributed by atoms with Gasteiger partial charge in [0.25, 0.3) is 11.8 Å². The van der Waals surface area contributed by atoms with E-state index in [0.29, 0.717) is 17.2 Å². The zero-order valence-electron chi connectivity index (χ0n) is 17.7. The van der Waals surface area contributed by atoms with Gasteiger partial charge in [-0.15, -0.1) is 0 Å². The fourth-order valence-electron chi connectivity index (χ4n) is 4.03. The van der Waals surface area contributed by atoms with Crippen molar-refractivity contribution in [3.8, 4) is 0 Å². The summed E-state index contributed by atoms with van der Waals surface area (Å²) in [6.07, 6.45) is 1.54. The van der Waals surface area contributed by atoms with E-state index in [9.17, 15) is 22.8 Å². The van der Waals surface area contributed by atoms with Crippen LogP contribution in [0.3, 0.4) is 0 Å². The van der Waals surface area contributed by atoms with Crippen molar-refractivity contribution < 1.29 is 22.8 Å². The van der Waals surface area contributed by atoms with Crippen LogP contribution in [0.5, 0.6) is 0 Å². The van der Waals surface area contributed by atoms with Crippen LogP contribution in [-0.2, 0) is 6.18 Å². The van der Waals surface area contributed by atoms with Gasteiger partial charge in [0.05, 0.1) is 5.56 Å². The van der Waals surface area contributed by atoms with Crippen molar-refractivity contribution in [1.82, 2.24) is 4.90 Å². The molecule has 1 aliphatic carbocycles. The number of halogens is 3. The lowest BCUT2D eigenvalue weighted by atomic mass is 9.84. The van der Waals surface area contributed by atoms with E-state index in [4.69, 9.17) is 0 Å². The molecule has 0 bridgehead atoms. The summed E-state index contributed by atoms with van der Waals surface area (Å²) >= 11 is 0. The summed E-state index contributed by atoms with van der Waals surface area (Å²) in [7, 11) is 1.82. The molecule has 2 aromatic rings. The lowest BCUT2D eigenvalue weighted by Crippen LogP contribution is -2.40. The predicted molar refractivity (Wildman–Crippen MR) is 114 cm³/mol. The van der Waals surface area contributed by atoms with Gasteiger partial charge in [-0.25, -0.2) is 0 Å². The minimum atomic E-state index is -4.45. The largest absolute Gasteiger partial charge is 0.416 e. The Morgan fingerprint density at radius 2 is 1.48 bits per heavy atom. The van der Waals surface area contributed by atoms with Crippen molar-refractivity contribution in [2.75, 3.05) is 12.4 Å². The fraction of sp³-hybridized carbons (Fsp3) is 0.417. The van der Waals surface area contributed by atoms with Crippen LogP contribution in [0.1, 0.15) is 65.3 Å². The molecule has 1 fully saturated rings. The Morgan fingerprint density at radius 3 is 2.03 bits per heavy atom. The SMILES string of the molecule is C[C@H](C1CCCCC1)N(C)C(=O)c1ccc(NC(=O)c2ccc(C(F)(F)F)cc2)cc1. The third kappa shape index (κ3) is 5.66. The van der Waals surface area contributed by atoms with Crippen LogP contribution in [0, 0.1) is 5.92 Å². The fourth-order valence-corrected chi connectivity index (χ4v) is 4.03. The Bertz CT molecular complexity index is 902. The van der Waals surface area contributed by atoms with Crippen LogP contribution in [-0.4, -0.2) is 29.8 Å². The second-order valence-corrected chi connectivity index (χ2v) is 8.16. The van der Waals surface area contributed by atoms with Crippen molar-refractivity contribution in [1.29, 1.82) is 0 Å². The Morgan fingerprint density at radius 1 is 0.935 bits per heavy atom. The van der Waals surface area contributed by atoms with Gasteiger partial charge in [-0.2, -0.15) is 13.2 Å². The molecule has 0 heterocycles. The number of carbonyl (C=O) groups excluding carboxylic acids is 2. The minimum absolute atomic E-state index is 0.0707. The number of carbonyl (C=O) groups is 2. The van der Waals surface area contributed by atoms with E-state index < -0.39 is 17.6 Å². The van der Waals surface area contributed by atoms with Crippen LogP contribution in [0.2, 0.25) is 0 Å². The van der Waals surface area contributed by atoms with E-state index in [-0.39, 0.29) is 17.5 Å². The lowest BCUT2D eigenvalue weighted by Gasteiger charge is -2.34. The van der Waals surface area contributed by atoms with Gasteiger partial charge in [0.15, 0.2) is 0 Å². The van der Waals surface area contributed by atoms with Gasteiger partial charge in [-0.1, -0.05) is 19.3 Å². The maximum atomic E-state index is 12.8. The average molecular weight is 432 g/mol. The van der Waals surface area contributed by atoms with Crippen molar-refractivity contribution >= 4 is 17.5 Å². The number of alkyl halides is 3. The molecular formula is C24H27F3N2O2. The molecule has 0 aromatic heterocycles. The molecule has 3 rings (SSSR count). The molecular weight excluding hydrogens is 405 g/mol. The molecule has 2 aromatic carbocycles. The zero-order valence-corrected chi connectivity index (χ0v) is 17.7. The first kappa shape index (κ1) is 22.8. The first-order valence-electron chi connectivity index (χ1n) is 10.5. The van der Waals surface area contributed by atoms with Crippen LogP contribution in [0.15, 0.2) is 48.5 Å². The third-order valence-corrected chi connectivity index (χ3v) is 6.13. The molecule has 4 nitrogen and oxygen atoms in total. The highest BCUT2D eigenvalue weighted by Gasteiger charge is 2.30. The van der Waals surface area contributed by atoms with E-state index in [0.717, 1.165) is 37.1 Å². The van der Waals surface area contributed by atoms with Gasteiger partial charge >= 0.3 is 6.18 Å². The lowest BCUT2D eigenvalue weighted by molar-refractivity contribution is -0.137. The molecule has 166 valence electrons. The first-order valence-corrected chi connectivity index (χ1v) is 10.5. The van der Waals surface area contributed by atoms with Crippen LogP contribution in [0.25, 0.3) is 0 Å². The van der Waals surface area contributed by atoms with Gasteiger partial charge < -0.3 is 10.2 Å². The number of amides is 2. The van der Waals surface area contributed by atoms with Crippen molar-refractivity contribution in [2.45, 2.75) is 51.2 Å². The topological polar surface area (TPSA) is 49.4 Å². The summed E-state index contributed by atoms with van der Waals surface area (Å²) < 4.78 is 38.0. The molecule has 1 atom stereocenters. The molecule has 7 heteroatoms. The van der Waals surface area contributed by atoms with Gasteiger partial charge in [-0.05, 0) is 74.2 Å². The van der Waals surface area contributed by atoms with Crippen molar-refractivity contribution in [3.05, 3.63) is 65.2 Å². The molecule has 31 heavy (non-hydrogen) atoms. The van der Waals surface area contributed by atoms with Gasteiger partial charge in [0.2, 0.25) is 0 Å². The van der Waals surface area contributed by atoms with E-state index in [2.05, 4.69) is 12.2 Å². The molecule has 1 aliphatic rings. The van der Waals surface area contributed by atoms with Crippen LogP contribution < -0.4 is 5.32 Å². The normalized spacial score (nSPS) is 15.9. The summed E-state index contributed by atoms with van der Waals surface area (Å²) in [5.74, 6) is -0.0699. The van der Waals surface area contributed by atoms with E-state index >= 15 is 0 Å². The minimum Gasteiger partial charge on any atom is -0.339 e. The number of nitrogens with zero attached hydrogens (tertiary/aromatic N) is 1. The number of benzene rings is 2. The Kier molecular flexibility index (Phi) is 7.03.